The molecule has 0 aliphatic rings. The maximum Gasteiger partial charge on any atom is 0.408 e. The molecule has 0 unspecified atom stereocenters. The number of nitrogens with one attached hydrogen (secondary N) is 1. The summed E-state index contributed by atoms with van der Waals surface area (Å²) in [6, 6.07) is -0.796. The zero-order valence-electron chi connectivity index (χ0n) is 15.6. The molecule has 9 nitrogen and oxygen atoms in total. The summed E-state index contributed by atoms with van der Waals surface area (Å²) < 4.78 is 16.4. The number of hydrogen-bond donors (Lipinski definition) is 1. The molecule has 1 heterocycles. The highest BCUT2D eigenvalue weighted by molar-refractivity contribution is 9.10. The Morgan fingerprint density at radius 3 is 2.67 bits per heavy atom. The van der Waals surface area contributed by atoms with E-state index < -0.39 is 29.3 Å². The van der Waals surface area contributed by atoms with E-state index in [4.69, 9.17) is 20.6 Å². The Morgan fingerprint density at radius 1 is 1.44 bits per heavy atom. The molecule has 10 heteroatoms. The third-order valence-corrected chi connectivity index (χ3v) is 3.51. The minimum absolute atomic E-state index is 0.0161. The van der Waals surface area contributed by atoms with Crippen LogP contribution >= 0.6 is 15.9 Å². The summed E-state index contributed by atoms with van der Waals surface area (Å²) in [5.74, 6) is 1.77. The molecule has 0 radical (unpaired) electrons. The highest BCUT2D eigenvalue weighted by Gasteiger charge is 2.20. The molecule has 1 atom stereocenters. The van der Waals surface area contributed by atoms with E-state index in [0.29, 0.717) is 0 Å². The largest absolute Gasteiger partial charge is 0.473 e. The highest BCUT2D eigenvalue weighted by atomic mass is 79.9. The number of halogens is 1. The number of carbonyl (C=O) groups excluding carboxylic acids is 2. The summed E-state index contributed by atoms with van der Waals surface area (Å²) in [4.78, 5) is 39.4. The fourth-order valence-corrected chi connectivity index (χ4v) is 2.20. The summed E-state index contributed by atoms with van der Waals surface area (Å²) in [5.41, 5.74) is -1.19. The van der Waals surface area contributed by atoms with E-state index in [1.165, 1.54) is 0 Å². The van der Waals surface area contributed by atoms with Crippen LogP contribution in [0, 0.1) is 12.3 Å². The van der Waals surface area contributed by atoms with Gasteiger partial charge in [-0.2, -0.15) is 0 Å². The number of esters is 1. The standard InChI is InChI=1S/C17H22BrN3O6/c1-6-11(20-16(24)27-17(3,4)5)9-26-14-13(18)15(23)21(10-19-14)8-12(22)25-7-2/h1,10-11H,7-9H2,2-5H3,(H,20,24)/t11-/m1/s1. The van der Waals surface area contributed by atoms with Crippen molar-refractivity contribution in [2.24, 2.45) is 0 Å². The van der Waals surface area contributed by atoms with Gasteiger partial charge in [-0.25, -0.2) is 9.78 Å². The van der Waals surface area contributed by atoms with Crippen molar-refractivity contribution in [3.8, 4) is 18.2 Å². The third kappa shape index (κ3) is 7.70. The molecule has 0 aliphatic heterocycles. The molecule has 1 amide bonds. The van der Waals surface area contributed by atoms with Crippen LogP contribution in [0.15, 0.2) is 15.6 Å². The van der Waals surface area contributed by atoms with Crippen molar-refractivity contribution in [2.75, 3.05) is 13.2 Å². The molecule has 27 heavy (non-hydrogen) atoms. The van der Waals surface area contributed by atoms with Gasteiger partial charge in [0.25, 0.3) is 5.56 Å². The lowest BCUT2D eigenvalue weighted by Gasteiger charge is -2.21. The number of hydrogen-bond acceptors (Lipinski definition) is 7. The molecule has 0 saturated carbocycles. The monoisotopic (exact) mass is 443 g/mol. The first-order valence-corrected chi connectivity index (χ1v) is 8.85. The Labute approximate surface area is 165 Å². The topological polar surface area (TPSA) is 109 Å². The van der Waals surface area contributed by atoms with Gasteiger partial charge in [-0.15, -0.1) is 6.42 Å². The molecule has 1 N–H and O–H groups in total. The van der Waals surface area contributed by atoms with E-state index in [1.807, 2.05) is 0 Å². The molecule has 0 fully saturated rings. The van der Waals surface area contributed by atoms with Gasteiger partial charge in [0.05, 0.1) is 6.61 Å². The van der Waals surface area contributed by atoms with E-state index in [-0.39, 0.29) is 30.1 Å². The van der Waals surface area contributed by atoms with Crippen LogP contribution in [-0.2, 0) is 20.8 Å². The number of aromatic nitrogens is 2. The molecule has 1 aromatic rings. The van der Waals surface area contributed by atoms with Crippen LogP contribution in [-0.4, -0.2) is 46.5 Å². The maximum absolute atomic E-state index is 12.2. The Kier molecular flexibility index (Phi) is 8.31. The number of alkyl carbamates (subject to hydrolysis) is 1. The van der Waals surface area contributed by atoms with E-state index in [9.17, 15) is 14.4 Å². The Morgan fingerprint density at radius 2 is 2.11 bits per heavy atom. The molecular weight excluding hydrogens is 422 g/mol. The second-order valence-corrected chi connectivity index (χ2v) is 7.07. The second-order valence-electron chi connectivity index (χ2n) is 6.28. The van der Waals surface area contributed by atoms with Gasteiger partial charge in [0.1, 0.15) is 35.6 Å². The number of nitrogens with zero attached hydrogens (tertiary/aromatic N) is 2. The first-order chi connectivity index (χ1) is 12.6. The summed E-state index contributed by atoms with van der Waals surface area (Å²) in [7, 11) is 0. The first kappa shape index (κ1) is 22.5. The van der Waals surface area contributed by atoms with Gasteiger partial charge in [-0.3, -0.25) is 14.2 Å². The number of rotatable bonds is 7. The average Bonchev–Trinajstić information content (AvgIpc) is 2.55. The summed E-state index contributed by atoms with van der Waals surface area (Å²) in [6.45, 7) is 6.63. The molecule has 0 aromatic carbocycles. The zero-order valence-corrected chi connectivity index (χ0v) is 17.2. The van der Waals surface area contributed by atoms with Crippen LogP contribution in [0.25, 0.3) is 0 Å². The second kappa shape index (κ2) is 9.97. The number of terminal acetylenes is 1. The molecule has 0 saturated heterocycles. The molecule has 0 spiro atoms. The van der Waals surface area contributed by atoms with Crippen molar-refractivity contribution in [1.82, 2.24) is 14.9 Å². The van der Waals surface area contributed by atoms with E-state index in [2.05, 4.69) is 32.2 Å². The van der Waals surface area contributed by atoms with E-state index in [0.717, 1.165) is 10.9 Å². The van der Waals surface area contributed by atoms with Gasteiger partial charge in [-0.05, 0) is 43.6 Å². The number of amides is 1. The van der Waals surface area contributed by atoms with Crippen LogP contribution in [0.5, 0.6) is 5.88 Å². The molecule has 0 aliphatic carbocycles. The van der Waals surface area contributed by atoms with Gasteiger partial charge < -0.3 is 19.5 Å². The smallest absolute Gasteiger partial charge is 0.408 e. The SMILES string of the molecule is C#C[C@H](COc1ncn(CC(=O)OCC)c(=O)c1Br)NC(=O)OC(C)(C)C. The maximum atomic E-state index is 12.2. The fraction of sp³-hybridized carbons (Fsp3) is 0.529. The van der Waals surface area contributed by atoms with Crippen molar-refractivity contribution in [3.63, 3.8) is 0 Å². The lowest BCUT2D eigenvalue weighted by molar-refractivity contribution is -0.143. The van der Waals surface area contributed by atoms with Crippen molar-refractivity contribution in [3.05, 3.63) is 21.2 Å². The van der Waals surface area contributed by atoms with Gasteiger partial charge in [0.2, 0.25) is 5.88 Å². The number of carbonyl (C=O) groups is 2. The first-order valence-electron chi connectivity index (χ1n) is 8.06. The lowest BCUT2D eigenvalue weighted by Crippen LogP contribution is -2.41. The van der Waals surface area contributed by atoms with Crippen LogP contribution < -0.4 is 15.6 Å². The predicted octanol–water partition coefficient (Wildman–Crippen LogP) is 1.47. The van der Waals surface area contributed by atoms with Crippen LogP contribution in [0.4, 0.5) is 4.79 Å². The van der Waals surface area contributed by atoms with Crippen LogP contribution in [0.2, 0.25) is 0 Å². The minimum atomic E-state index is -0.796. The molecule has 1 rings (SSSR count). The summed E-state index contributed by atoms with van der Waals surface area (Å²) >= 11 is 3.09. The van der Waals surface area contributed by atoms with Crippen molar-refractivity contribution in [1.29, 1.82) is 0 Å². The molecule has 0 bridgehead atoms. The molecule has 148 valence electrons. The quantitative estimate of drug-likeness (QED) is 0.501. The highest BCUT2D eigenvalue weighted by Crippen LogP contribution is 2.17. The van der Waals surface area contributed by atoms with Gasteiger partial charge in [-0.1, -0.05) is 5.92 Å². The van der Waals surface area contributed by atoms with Gasteiger partial charge >= 0.3 is 12.1 Å². The van der Waals surface area contributed by atoms with E-state index in [1.54, 1.807) is 27.7 Å². The Bertz CT molecular complexity index is 778. The normalized spacial score (nSPS) is 11.9. The zero-order chi connectivity index (χ0) is 20.6. The van der Waals surface area contributed by atoms with E-state index >= 15 is 0 Å². The van der Waals surface area contributed by atoms with Gasteiger partial charge in [0, 0.05) is 0 Å². The average molecular weight is 444 g/mol. The molecule has 1 aromatic heterocycles. The molecular formula is C17H22BrN3O6. The van der Waals surface area contributed by atoms with Gasteiger partial charge in [0.15, 0.2) is 0 Å². The lowest BCUT2D eigenvalue weighted by atomic mass is 10.2. The fourth-order valence-electron chi connectivity index (χ4n) is 1.75. The summed E-state index contributed by atoms with van der Waals surface area (Å²) in [5, 5.41) is 2.47. The third-order valence-electron chi connectivity index (χ3n) is 2.83. The Hall–Kier alpha value is -2.54. The summed E-state index contributed by atoms with van der Waals surface area (Å²) in [6.07, 6.45) is 5.84. The van der Waals surface area contributed by atoms with Crippen LogP contribution in [0.3, 0.4) is 0 Å². The van der Waals surface area contributed by atoms with Crippen molar-refractivity contribution < 1.29 is 23.8 Å². The van der Waals surface area contributed by atoms with Crippen molar-refractivity contribution >= 4 is 28.0 Å². The Balaban J connectivity index is 2.74. The number of ether oxygens (including phenoxy) is 3. The minimum Gasteiger partial charge on any atom is -0.473 e. The van der Waals surface area contributed by atoms with Crippen molar-refractivity contribution in [2.45, 2.75) is 45.9 Å². The van der Waals surface area contributed by atoms with Crippen LogP contribution in [0.1, 0.15) is 27.7 Å². The predicted molar refractivity (Wildman–Crippen MR) is 100 cm³/mol.